The number of hydrogen-bond donors (Lipinski definition) is 1. The molecule has 2 aromatic carbocycles. The Labute approximate surface area is 185 Å². The lowest BCUT2D eigenvalue weighted by molar-refractivity contribution is -0.395. The molecule has 0 saturated heterocycles. The molecule has 13 heteroatoms. The Hall–Kier alpha value is -2.93. The largest absolute Gasteiger partial charge is 0.280 e. The van der Waals surface area contributed by atoms with Gasteiger partial charge in [0.1, 0.15) is 10.6 Å². The van der Waals surface area contributed by atoms with Gasteiger partial charge in [-0.1, -0.05) is 29.8 Å². The second-order valence-corrected chi connectivity index (χ2v) is 9.69. The molecule has 31 heavy (non-hydrogen) atoms. The molecule has 0 spiro atoms. The molecule has 3 aromatic rings. The first-order chi connectivity index (χ1) is 14.5. The lowest BCUT2D eigenvalue weighted by Crippen LogP contribution is -2.23. The van der Waals surface area contributed by atoms with E-state index in [-0.39, 0.29) is 12.1 Å². The highest BCUT2D eigenvalue weighted by atomic mass is 35.5. The summed E-state index contributed by atoms with van der Waals surface area (Å²) >= 11 is 7.43. The van der Waals surface area contributed by atoms with Crippen molar-refractivity contribution in [1.82, 2.24) is 9.71 Å². The minimum absolute atomic E-state index is 0.147. The lowest BCUT2D eigenvalue weighted by Gasteiger charge is -2.07. The Bertz CT molecular complexity index is 1270. The van der Waals surface area contributed by atoms with Crippen LogP contribution in [0.3, 0.4) is 0 Å². The van der Waals surface area contributed by atoms with Gasteiger partial charge in [0.05, 0.1) is 25.5 Å². The van der Waals surface area contributed by atoms with Crippen LogP contribution in [0.1, 0.15) is 16.1 Å². The summed E-state index contributed by atoms with van der Waals surface area (Å²) in [5.74, 6) is 0. The van der Waals surface area contributed by atoms with Crippen LogP contribution in [0, 0.1) is 34.1 Å². The molecule has 0 aliphatic heterocycles. The van der Waals surface area contributed by atoms with E-state index in [1.54, 1.807) is 31.2 Å². The van der Waals surface area contributed by atoms with Crippen LogP contribution in [-0.4, -0.2) is 23.2 Å². The maximum Gasteiger partial charge on any atom is 0.280 e. The average molecular weight is 483 g/mol. The summed E-state index contributed by atoms with van der Waals surface area (Å²) in [5.41, 5.74) is -0.231. The first-order valence-electron chi connectivity index (χ1n) is 8.65. The van der Waals surface area contributed by atoms with Gasteiger partial charge < -0.3 is 0 Å². The second-order valence-electron chi connectivity index (χ2n) is 6.43. The maximum absolute atomic E-state index is 12.7. The van der Waals surface area contributed by atoms with Gasteiger partial charge in [-0.05, 0) is 19.9 Å². The molecule has 0 atom stereocenters. The zero-order chi connectivity index (χ0) is 22.9. The number of halogens is 1. The van der Waals surface area contributed by atoms with Gasteiger partial charge in [-0.3, -0.25) is 20.2 Å². The Balaban J connectivity index is 1.92. The maximum atomic E-state index is 12.7. The molecule has 0 bridgehead atoms. The molecule has 0 fully saturated rings. The van der Waals surface area contributed by atoms with E-state index < -0.39 is 36.1 Å². The van der Waals surface area contributed by atoms with E-state index in [1.165, 1.54) is 18.3 Å². The highest BCUT2D eigenvalue weighted by Crippen LogP contribution is 2.34. The molecule has 162 valence electrons. The Morgan fingerprint density at radius 2 is 1.68 bits per heavy atom. The third-order valence-corrected chi connectivity index (χ3v) is 7.35. The van der Waals surface area contributed by atoms with Gasteiger partial charge in [-0.25, -0.2) is 18.1 Å². The minimum Gasteiger partial charge on any atom is -0.258 e. The van der Waals surface area contributed by atoms with E-state index in [0.29, 0.717) is 26.2 Å². The predicted octanol–water partition coefficient (Wildman–Crippen LogP) is 4.38. The third-order valence-electron chi connectivity index (χ3n) is 4.45. The fourth-order valence-electron chi connectivity index (χ4n) is 2.78. The molecule has 1 heterocycles. The highest BCUT2D eigenvalue weighted by Gasteiger charge is 2.28. The summed E-state index contributed by atoms with van der Waals surface area (Å²) in [4.78, 5) is 25.2. The van der Waals surface area contributed by atoms with Crippen LogP contribution in [0.2, 0.25) is 5.02 Å². The smallest absolute Gasteiger partial charge is 0.258 e. The van der Waals surface area contributed by atoms with Crippen LogP contribution >= 0.6 is 22.9 Å². The lowest BCUT2D eigenvalue weighted by atomic mass is 10.1. The van der Waals surface area contributed by atoms with Gasteiger partial charge >= 0.3 is 0 Å². The molecule has 1 aromatic heterocycles. The van der Waals surface area contributed by atoms with Crippen LogP contribution in [0.25, 0.3) is 10.6 Å². The average Bonchev–Trinajstić information content (AvgIpc) is 3.06. The Kier molecular flexibility index (Phi) is 6.36. The summed E-state index contributed by atoms with van der Waals surface area (Å²) in [6.07, 6.45) is 0. The number of benzene rings is 2. The third kappa shape index (κ3) is 4.71. The molecule has 3 rings (SSSR count). The van der Waals surface area contributed by atoms with Crippen molar-refractivity contribution in [3.8, 4) is 10.6 Å². The van der Waals surface area contributed by atoms with E-state index in [4.69, 9.17) is 11.6 Å². The molecular formula is C18H15ClN4O6S2. The highest BCUT2D eigenvalue weighted by molar-refractivity contribution is 7.89. The predicted molar refractivity (Wildman–Crippen MR) is 116 cm³/mol. The Morgan fingerprint density at radius 1 is 1.10 bits per heavy atom. The summed E-state index contributed by atoms with van der Waals surface area (Å²) in [6.45, 7) is 2.75. The van der Waals surface area contributed by atoms with E-state index in [2.05, 4.69) is 9.71 Å². The number of aromatic nitrogens is 1. The monoisotopic (exact) mass is 482 g/mol. The number of nitrogens with one attached hydrogen (secondary N) is 1. The number of aryl methyl sites for hydroxylation is 1. The van der Waals surface area contributed by atoms with E-state index >= 15 is 0 Å². The SMILES string of the molecule is Cc1nc(-c2ccccc2Cl)sc1CNS(=O)(=O)c1cc([N+](=O)[O-])c(C)c([N+](=O)[O-])c1. The number of nitrogens with zero attached hydrogens (tertiary/aromatic N) is 3. The van der Waals surface area contributed by atoms with Crippen molar-refractivity contribution in [2.24, 2.45) is 0 Å². The van der Waals surface area contributed by atoms with E-state index in [9.17, 15) is 28.6 Å². The van der Waals surface area contributed by atoms with Crippen molar-refractivity contribution < 1.29 is 18.3 Å². The summed E-state index contributed by atoms with van der Waals surface area (Å²) in [6, 6.07) is 8.70. The molecule has 0 aliphatic rings. The number of rotatable bonds is 7. The number of hydrogen-bond acceptors (Lipinski definition) is 8. The number of nitro benzene ring substituents is 2. The van der Waals surface area contributed by atoms with Crippen molar-refractivity contribution in [2.75, 3.05) is 0 Å². The van der Waals surface area contributed by atoms with Crippen LogP contribution in [0.5, 0.6) is 0 Å². The van der Waals surface area contributed by atoms with E-state index in [0.717, 1.165) is 12.1 Å². The number of sulfonamides is 1. The van der Waals surface area contributed by atoms with Crippen molar-refractivity contribution in [2.45, 2.75) is 25.3 Å². The molecule has 0 amide bonds. The van der Waals surface area contributed by atoms with Crippen LogP contribution in [0.15, 0.2) is 41.3 Å². The van der Waals surface area contributed by atoms with Gasteiger partial charge in [0.15, 0.2) is 0 Å². The molecular weight excluding hydrogens is 468 g/mol. The second kappa shape index (κ2) is 8.67. The molecule has 0 saturated carbocycles. The van der Waals surface area contributed by atoms with Gasteiger partial charge in [0.2, 0.25) is 10.0 Å². The van der Waals surface area contributed by atoms with Crippen molar-refractivity contribution in [1.29, 1.82) is 0 Å². The summed E-state index contributed by atoms with van der Waals surface area (Å²) in [7, 11) is -4.27. The van der Waals surface area contributed by atoms with Crippen LogP contribution in [0.4, 0.5) is 11.4 Å². The first kappa shape index (κ1) is 22.7. The fraction of sp³-hybridized carbons (Fsp3) is 0.167. The first-order valence-corrected chi connectivity index (χ1v) is 11.3. The molecule has 0 radical (unpaired) electrons. The fourth-order valence-corrected chi connectivity index (χ4v) is 5.23. The van der Waals surface area contributed by atoms with Gasteiger partial charge in [0, 0.05) is 29.1 Å². The minimum atomic E-state index is -4.27. The quantitative estimate of drug-likeness (QED) is 0.388. The molecule has 0 aliphatic carbocycles. The topological polar surface area (TPSA) is 145 Å². The van der Waals surface area contributed by atoms with Crippen LogP contribution in [-0.2, 0) is 16.6 Å². The van der Waals surface area contributed by atoms with Crippen molar-refractivity contribution >= 4 is 44.3 Å². The van der Waals surface area contributed by atoms with E-state index in [1.807, 2.05) is 0 Å². The van der Waals surface area contributed by atoms with Crippen LogP contribution < -0.4 is 4.72 Å². The standard InChI is InChI=1S/C18H15ClN4O6S2/c1-10-15(22(24)25)7-12(8-16(10)23(26)27)31(28,29)20-9-17-11(2)21-18(30-17)13-5-3-4-6-14(13)19/h3-8,20H,9H2,1-2H3. The zero-order valence-corrected chi connectivity index (χ0v) is 18.5. The van der Waals surface area contributed by atoms with Crippen molar-refractivity contribution in [3.63, 3.8) is 0 Å². The Morgan fingerprint density at radius 3 is 2.23 bits per heavy atom. The molecule has 1 N–H and O–H groups in total. The summed E-state index contributed by atoms with van der Waals surface area (Å²) < 4.78 is 27.8. The van der Waals surface area contributed by atoms with Gasteiger partial charge in [-0.2, -0.15) is 0 Å². The van der Waals surface area contributed by atoms with Gasteiger partial charge in [-0.15, -0.1) is 11.3 Å². The molecule has 0 unspecified atom stereocenters. The number of thiazole rings is 1. The summed E-state index contributed by atoms with van der Waals surface area (Å²) in [5, 5.41) is 23.5. The molecule has 10 nitrogen and oxygen atoms in total. The zero-order valence-electron chi connectivity index (χ0n) is 16.2. The normalized spacial score (nSPS) is 11.5. The van der Waals surface area contributed by atoms with Gasteiger partial charge in [0.25, 0.3) is 11.4 Å². The number of nitro groups is 2. The van der Waals surface area contributed by atoms with Crippen molar-refractivity contribution in [3.05, 3.63) is 77.8 Å².